The molecule has 0 unspecified atom stereocenters. The lowest BCUT2D eigenvalue weighted by atomic mass is 10.1. The van der Waals surface area contributed by atoms with E-state index in [0.29, 0.717) is 13.0 Å². The Labute approximate surface area is 171 Å². The maximum absolute atomic E-state index is 11.7. The summed E-state index contributed by atoms with van der Waals surface area (Å²) in [6.45, 7) is 8.76. The summed E-state index contributed by atoms with van der Waals surface area (Å²) in [4.78, 5) is 33.4. The molecule has 0 aromatic rings. The zero-order valence-corrected chi connectivity index (χ0v) is 18.0. The maximum atomic E-state index is 11.7. The molecule has 1 saturated heterocycles. The number of alkyl halides is 3. The molecule has 2 amide bonds. The van der Waals surface area contributed by atoms with E-state index in [-0.39, 0.29) is 25.0 Å². The smallest absolute Gasteiger partial charge is 0.427 e. The first-order valence-corrected chi connectivity index (χ1v) is 8.96. The Balaban J connectivity index is -0.000000375. The van der Waals surface area contributed by atoms with Crippen molar-refractivity contribution in [2.75, 3.05) is 20.1 Å². The van der Waals surface area contributed by atoms with E-state index in [1.807, 2.05) is 0 Å². The molecule has 29 heavy (non-hydrogen) atoms. The van der Waals surface area contributed by atoms with Gasteiger partial charge >= 0.3 is 6.18 Å². The van der Waals surface area contributed by atoms with Crippen molar-refractivity contribution < 1.29 is 32.3 Å². The van der Waals surface area contributed by atoms with Gasteiger partial charge in [0.15, 0.2) is 0 Å². The van der Waals surface area contributed by atoms with Crippen molar-refractivity contribution in [2.24, 2.45) is 11.7 Å². The number of nitrogens with one attached hydrogen (secondary N) is 1. The molecule has 10 heteroatoms. The minimum atomic E-state index is -4.51. The molecule has 170 valence electrons. The van der Waals surface area contributed by atoms with E-state index in [2.05, 4.69) is 43.7 Å². The van der Waals surface area contributed by atoms with E-state index in [4.69, 9.17) is 5.73 Å². The summed E-state index contributed by atoms with van der Waals surface area (Å²) in [5.74, 6) is 0.380. The minimum absolute atomic E-state index is 0.0520. The van der Waals surface area contributed by atoms with Crippen LogP contribution in [0.2, 0.25) is 0 Å². The molecule has 0 aliphatic carbocycles. The molecule has 0 saturated carbocycles. The van der Waals surface area contributed by atoms with Gasteiger partial charge in [0.25, 0.3) is 6.47 Å². The molecule has 3 N–H and O–H groups in total. The molecule has 7 nitrogen and oxygen atoms in total. The second-order valence-corrected chi connectivity index (χ2v) is 7.13. The number of carbonyl (C=O) groups is 3. The van der Waals surface area contributed by atoms with Crippen molar-refractivity contribution >= 4 is 18.3 Å². The monoisotopic (exact) mass is 425 g/mol. The van der Waals surface area contributed by atoms with Gasteiger partial charge in [-0.25, -0.2) is 0 Å². The van der Waals surface area contributed by atoms with Gasteiger partial charge in [-0.3, -0.25) is 14.4 Å². The molecule has 1 fully saturated rings. The van der Waals surface area contributed by atoms with Gasteiger partial charge in [0, 0.05) is 6.54 Å². The van der Waals surface area contributed by atoms with Gasteiger partial charge in [0.05, 0.1) is 6.54 Å². The van der Waals surface area contributed by atoms with Crippen LogP contribution >= 0.6 is 0 Å². The molecule has 0 aromatic heterocycles. The molecule has 0 spiro atoms. The third-order valence-electron chi connectivity index (χ3n) is 3.25. The van der Waals surface area contributed by atoms with Crippen LogP contribution in [-0.2, 0) is 19.1 Å². The normalized spacial score (nSPS) is 15.6. The van der Waals surface area contributed by atoms with E-state index >= 15 is 0 Å². The van der Waals surface area contributed by atoms with Gasteiger partial charge < -0.3 is 20.7 Å². The highest BCUT2D eigenvalue weighted by Gasteiger charge is 2.49. The summed E-state index contributed by atoms with van der Waals surface area (Å²) < 4.78 is 39.0. The minimum Gasteiger partial charge on any atom is -0.452 e. The number of primary amides is 1. The topological polar surface area (TPSA) is 102 Å². The number of hydrogen-bond donors (Lipinski definition) is 2. The second kappa shape index (κ2) is 15.6. The number of ether oxygens (including phenoxy) is 1. The third-order valence-corrected chi connectivity index (χ3v) is 3.25. The van der Waals surface area contributed by atoms with Crippen LogP contribution in [0.1, 0.15) is 47.5 Å². The van der Waals surface area contributed by atoms with Crippen LogP contribution in [0.25, 0.3) is 0 Å². The average molecular weight is 425 g/mol. The van der Waals surface area contributed by atoms with Crippen LogP contribution in [0.5, 0.6) is 0 Å². The van der Waals surface area contributed by atoms with Crippen molar-refractivity contribution in [3.05, 3.63) is 0 Å². The van der Waals surface area contributed by atoms with Crippen molar-refractivity contribution in [1.29, 1.82) is 0 Å². The molecule has 1 heterocycles. The molecule has 1 atom stereocenters. The number of rotatable bonds is 5. The summed E-state index contributed by atoms with van der Waals surface area (Å²) in [7, 11) is 1.70. The summed E-state index contributed by atoms with van der Waals surface area (Å²) in [5.41, 5.74) is 2.79. The van der Waals surface area contributed by atoms with E-state index < -0.39 is 17.7 Å². The lowest BCUT2D eigenvalue weighted by Gasteiger charge is -2.24. The van der Waals surface area contributed by atoms with Crippen molar-refractivity contribution in [1.82, 2.24) is 10.2 Å². The number of nitrogens with zero attached hydrogens (tertiary/aromatic N) is 1. The molecule has 0 bridgehead atoms. The first-order valence-electron chi connectivity index (χ1n) is 8.96. The van der Waals surface area contributed by atoms with Crippen LogP contribution in [-0.4, -0.2) is 61.1 Å². The molecular formula is C19H34F3N3O4. The Morgan fingerprint density at radius 2 is 1.72 bits per heavy atom. The molecule has 1 rings (SSSR count). The summed E-state index contributed by atoms with van der Waals surface area (Å²) in [6, 6.07) is -0.388. The van der Waals surface area contributed by atoms with Gasteiger partial charge in [-0.2, -0.15) is 13.2 Å². The quantitative estimate of drug-likeness (QED) is 0.519. The fraction of sp³-hybridized carbons (Fsp3) is 0.737. The van der Waals surface area contributed by atoms with E-state index in [1.54, 1.807) is 11.9 Å². The molecular weight excluding hydrogens is 391 g/mol. The Hall–Kier alpha value is -2.28. The Bertz CT molecular complexity index is 504. The zero-order valence-electron chi connectivity index (χ0n) is 18.0. The standard InChI is InChI=1S/C8H15N3O2.C5H7F3O2.C4H10.C2H2/c1-10-5-7(12)11-4-2-3-6(11)8(9)13;1-4(2,10-3-9)5(6,7)8;1-4(2)3;1-2/h6,10H,2-5H2,1H3,(H2,9,13);3H,1-2H3;4H,1-3H3;1-2H/t6-;;;/m0.../s1. The van der Waals surface area contributed by atoms with Crippen LogP contribution in [0.4, 0.5) is 13.2 Å². The fourth-order valence-electron chi connectivity index (χ4n) is 1.80. The SMILES string of the molecule is C#C.CC(C)(OC=O)C(F)(F)F.CC(C)C.CNCC(=O)N1CCC[C@H]1C(N)=O. The Morgan fingerprint density at radius 3 is 2.00 bits per heavy atom. The van der Waals surface area contributed by atoms with Crippen molar-refractivity contribution in [3.63, 3.8) is 0 Å². The highest BCUT2D eigenvalue weighted by atomic mass is 19.4. The van der Waals surface area contributed by atoms with Crippen LogP contribution in [0.3, 0.4) is 0 Å². The third kappa shape index (κ3) is 14.4. The molecule has 0 aromatic carbocycles. The predicted octanol–water partition coefficient (Wildman–Crippen LogP) is 2.09. The number of nitrogens with two attached hydrogens (primary N) is 1. The highest BCUT2D eigenvalue weighted by molar-refractivity contribution is 5.87. The fourth-order valence-corrected chi connectivity index (χ4v) is 1.80. The Kier molecular flexibility index (Phi) is 16.9. The van der Waals surface area contributed by atoms with E-state index in [9.17, 15) is 27.6 Å². The number of amides is 2. The summed E-state index contributed by atoms with van der Waals surface area (Å²) in [6.07, 6.45) is 5.06. The number of terminal acetylenes is 1. The lowest BCUT2D eigenvalue weighted by molar-refractivity contribution is -0.251. The zero-order chi connectivity index (χ0) is 23.8. The van der Waals surface area contributed by atoms with Gasteiger partial charge in [-0.05, 0) is 39.7 Å². The van der Waals surface area contributed by atoms with Gasteiger partial charge in [-0.1, -0.05) is 20.8 Å². The Morgan fingerprint density at radius 1 is 1.28 bits per heavy atom. The van der Waals surface area contributed by atoms with Gasteiger partial charge in [0.1, 0.15) is 6.04 Å². The number of carbonyl (C=O) groups excluding carboxylic acids is 3. The molecule has 1 aliphatic rings. The largest absolute Gasteiger partial charge is 0.452 e. The van der Waals surface area contributed by atoms with Crippen LogP contribution in [0, 0.1) is 18.8 Å². The van der Waals surface area contributed by atoms with Gasteiger partial charge in [-0.15, -0.1) is 12.8 Å². The van der Waals surface area contributed by atoms with Gasteiger partial charge in [0.2, 0.25) is 17.4 Å². The number of halogens is 3. The number of hydrogen-bond acceptors (Lipinski definition) is 5. The second-order valence-electron chi connectivity index (χ2n) is 7.13. The van der Waals surface area contributed by atoms with E-state index in [0.717, 1.165) is 26.2 Å². The first-order chi connectivity index (χ1) is 13.2. The van der Waals surface area contributed by atoms with Crippen LogP contribution in [0.15, 0.2) is 0 Å². The highest BCUT2D eigenvalue weighted by Crippen LogP contribution is 2.31. The lowest BCUT2D eigenvalue weighted by Crippen LogP contribution is -2.46. The predicted molar refractivity (Wildman–Crippen MR) is 106 cm³/mol. The number of likely N-dealkylation sites (tertiary alicyclic amines) is 1. The summed E-state index contributed by atoms with van der Waals surface area (Å²) >= 11 is 0. The molecule has 0 radical (unpaired) electrons. The average Bonchev–Trinajstić information content (AvgIpc) is 3.06. The number of likely N-dealkylation sites (N-methyl/N-ethyl adjacent to an activating group) is 1. The first kappa shape index (κ1) is 31.4. The van der Waals surface area contributed by atoms with Crippen LogP contribution < -0.4 is 11.1 Å². The van der Waals surface area contributed by atoms with E-state index in [1.165, 1.54) is 0 Å². The molecule has 1 aliphatic heterocycles. The summed E-state index contributed by atoms with van der Waals surface area (Å²) in [5, 5.41) is 2.76. The maximum Gasteiger partial charge on any atom is 0.427 e. The van der Waals surface area contributed by atoms with Crippen molar-refractivity contribution in [3.8, 4) is 12.8 Å². The van der Waals surface area contributed by atoms with Crippen molar-refractivity contribution in [2.45, 2.75) is 65.3 Å².